The van der Waals surface area contributed by atoms with Gasteiger partial charge in [0.15, 0.2) is 11.5 Å². The fraction of sp³-hybridized carbons (Fsp3) is 0.303. The van der Waals surface area contributed by atoms with Gasteiger partial charge in [0.25, 0.3) is 5.91 Å². The minimum Gasteiger partial charge on any atom is -0.350 e. The number of benzene rings is 2. The highest BCUT2D eigenvalue weighted by molar-refractivity contribution is 6.04. The maximum absolute atomic E-state index is 13.2. The molecule has 0 bridgehead atoms. The Morgan fingerprint density at radius 1 is 1.16 bits per heavy atom. The minimum absolute atomic E-state index is 0.256. The van der Waals surface area contributed by atoms with Crippen molar-refractivity contribution in [3.63, 3.8) is 0 Å². The zero-order valence-electron chi connectivity index (χ0n) is 25.1. The third kappa shape index (κ3) is 6.09. The molecule has 1 saturated heterocycles. The number of hydrogen-bond acceptors (Lipinski definition) is 8. The van der Waals surface area contributed by atoms with Gasteiger partial charge in [-0.15, -0.1) is 0 Å². The second kappa shape index (κ2) is 12.4. The van der Waals surface area contributed by atoms with Crippen molar-refractivity contribution >= 4 is 39.9 Å². The number of halogens is 1. The summed E-state index contributed by atoms with van der Waals surface area (Å²) in [5.41, 5.74) is 5.09. The molecule has 1 amide bonds. The number of fused-ring (bicyclic) bond motifs is 2. The lowest BCUT2D eigenvalue weighted by Crippen LogP contribution is -2.40. The lowest BCUT2D eigenvalue weighted by atomic mass is 9.99. The van der Waals surface area contributed by atoms with Gasteiger partial charge in [0, 0.05) is 47.5 Å². The van der Waals surface area contributed by atoms with E-state index in [-0.39, 0.29) is 12.0 Å². The summed E-state index contributed by atoms with van der Waals surface area (Å²) in [6, 6.07) is 15.6. The van der Waals surface area contributed by atoms with Gasteiger partial charge in [-0.25, -0.2) is 4.39 Å². The largest absolute Gasteiger partial charge is 0.350 e. The smallest absolute Gasteiger partial charge is 0.283 e. The Bertz CT molecular complexity index is 1850. The molecule has 0 aliphatic carbocycles. The van der Waals surface area contributed by atoms with Gasteiger partial charge < -0.3 is 20.9 Å². The van der Waals surface area contributed by atoms with Crippen molar-refractivity contribution in [2.75, 3.05) is 36.1 Å². The van der Waals surface area contributed by atoms with Crippen LogP contribution < -0.4 is 16.0 Å². The van der Waals surface area contributed by atoms with Crippen LogP contribution in [0.3, 0.4) is 0 Å². The van der Waals surface area contributed by atoms with Gasteiger partial charge in [-0.3, -0.25) is 9.78 Å². The summed E-state index contributed by atoms with van der Waals surface area (Å²) in [5, 5.41) is 16.0. The molecule has 1 aliphatic rings. The molecule has 6 rings (SSSR count). The number of pyridine rings is 1. The van der Waals surface area contributed by atoms with Gasteiger partial charge in [-0.1, -0.05) is 50.8 Å². The molecule has 2 aromatic carbocycles. The average molecular weight is 594 g/mol. The predicted octanol–water partition coefficient (Wildman–Crippen LogP) is 6.00. The zero-order chi connectivity index (χ0) is 30.8. The average Bonchev–Trinajstić information content (AvgIpc) is 3.44. The van der Waals surface area contributed by atoms with Crippen LogP contribution in [0.5, 0.6) is 0 Å². The first-order chi connectivity index (χ1) is 21.3. The topological polar surface area (TPSA) is 112 Å². The van der Waals surface area contributed by atoms with Crippen molar-refractivity contribution in [2.45, 2.75) is 45.2 Å². The molecule has 226 valence electrons. The molecule has 3 N–H and O–H groups in total. The lowest BCUT2D eigenvalue weighted by molar-refractivity contribution is -0.114. The molecule has 0 spiro atoms. The number of piperidine rings is 1. The first kappa shape index (κ1) is 29.2. The first-order valence-corrected chi connectivity index (χ1v) is 14.8. The Hall–Kier alpha value is -4.90. The standard InChI is InChI=1S/C33H36FN9O/c1-20(2)28-18-37-43-30(28)40-32(39-25-9-7-15-42(4)19-25)41-33(43)36-17-23-8-5-6-10-26(23)29-27-12-11-24(38-31(44)21(3)34)16-22(27)13-14-35-29/h5-6,8,10-14,16,18,20,25H,3,7,9,15,17,19H2,1-2,4H3,(H,38,44)(H2,36,39,40,41)/t25-/m1/s1. The number of carbonyl (C=O) groups is 1. The van der Waals surface area contributed by atoms with E-state index in [0.717, 1.165) is 64.7 Å². The number of amides is 1. The van der Waals surface area contributed by atoms with E-state index < -0.39 is 11.7 Å². The molecular weight excluding hydrogens is 557 g/mol. The van der Waals surface area contributed by atoms with Crippen molar-refractivity contribution in [1.82, 2.24) is 29.5 Å². The summed E-state index contributed by atoms with van der Waals surface area (Å²) < 4.78 is 15.0. The van der Waals surface area contributed by atoms with Crippen LogP contribution >= 0.6 is 0 Å². The molecule has 0 unspecified atom stereocenters. The number of nitrogens with zero attached hydrogens (tertiary/aromatic N) is 6. The van der Waals surface area contributed by atoms with Crippen molar-refractivity contribution in [1.29, 1.82) is 0 Å². The Labute approximate surface area is 255 Å². The second-order valence-electron chi connectivity index (χ2n) is 11.6. The number of likely N-dealkylation sites (tertiary alicyclic amines) is 1. The molecule has 5 aromatic rings. The van der Waals surface area contributed by atoms with Gasteiger partial charge in [-0.2, -0.15) is 19.6 Å². The first-order valence-electron chi connectivity index (χ1n) is 14.8. The number of likely N-dealkylation sites (N-methyl/N-ethyl adjacent to an activating group) is 1. The van der Waals surface area contributed by atoms with E-state index in [1.165, 1.54) is 0 Å². The number of rotatable bonds is 9. The van der Waals surface area contributed by atoms with Crippen LogP contribution in [0.2, 0.25) is 0 Å². The summed E-state index contributed by atoms with van der Waals surface area (Å²) in [6.07, 6.45) is 5.80. The van der Waals surface area contributed by atoms with Gasteiger partial charge in [0.2, 0.25) is 11.9 Å². The van der Waals surface area contributed by atoms with E-state index in [2.05, 4.69) is 59.5 Å². The Kier molecular flexibility index (Phi) is 8.21. The lowest BCUT2D eigenvalue weighted by Gasteiger charge is -2.30. The second-order valence-corrected chi connectivity index (χ2v) is 11.6. The van der Waals surface area contributed by atoms with E-state index in [1.54, 1.807) is 22.8 Å². The zero-order valence-corrected chi connectivity index (χ0v) is 25.1. The van der Waals surface area contributed by atoms with Crippen LogP contribution in [0.25, 0.3) is 27.7 Å². The maximum Gasteiger partial charge on any atom is 0.283 e. The van der Waals surface area contributed by atoms with Crippen LogP contribution in [0.15, 0.2) is 73.3 Å². The summed E-state index contributed by atoms with van der Waals surface area (Å²) in [7, 11) is 2.14. The molecule has 3 aromatic heterocycles. The van der Waals surface area contributed by atoms with Crippen LogP contribution in [-0.4, -0.2) is 61.6 Å². The number of carbonyl (C=O) groups excluding carboxylic acids is 1. The summed E-state index contributed by atoms with van der Waals surface area (Å²) in [4.78, 5) is 28.6. The third-order valence-corrected chi connectivity index (χ3v) is 7.95. The van der Waals surface area contributed by atoms with Gasteiger partial charge in [0.1, 0.15) is 0 Å². The van der Waals surface area contributed by atoms with Crippen molar-refractivity contribution in [3.05, 3.63) is 84.5 Å². The maximum atomic E-state index is 13.2. The van der Waals surface area contributed by atoms with E-state index in [9.17, 15) is 9.18 Å². The predicted molar refractivity (Wildman–Crippen MR) is 172 cm³/mol. The fourth-order valence-electron chi connectivity index (χ4n) is 5.70. The highest BCUT2D eigenvalue weighted by Crippen LogP contribution is 2.31. The van der Waals surface area contributed by atoms with Crippen LogP contribution in [0, 0.1) is 0 Å². The number of hydrogen-bond donors (Lipinski definition) is 3. The molecule has 0 saturated carbocycles. The van der Waals surface area contributed by atoms with Gasteiger partial charge in [-0.05, 0) is 61.5 Å². The van der Waals surface area contributed by atoms with Gasteiger partial charge >= 0.3 is 0 Å². The molecule has 44 heavy (non-hydrogen) atoms. The molecule has 0 radical (unpaired) electrons. The SMILES string of the molecule is C=C(F)C(=O)Nc1ccc2c(-c3ccccc3CNc3nc(N[C@@H]4CCCN(C)C4)nc4c(C(C)C)cnn34)nccc2c1. The normalized spacial score (nSPS) is 15.5. The number of anilines is 3. The van der Waals surface area contributed by atoms with Crippen LogP contribution in [0.1, 0.15) is 43.7 Å². The van der Waals surface area contributed by atoms with E-state index in [0.29, 0.717) is 24.1 Å². The third-order valence-electron chi connectivity index (χ3n) is 7.95. The molecule has 1 aliphatic heterocycles. The molecule has 11 heteroatoms. The van der Waals surface area contributed by atoms with Gasteiger partial charge in [0.05, 0.1) is 11.9 Å². The minimum atomic E-state index is -1.04. The van der Waals surface area contributed by atoms with Crippen LogP contribution in [0.4, 0.5) is 22.0 Å². The van der Waals surface area contributed by atoms with Crippen LogP contribution in [-0.2, 0) is 11.3 Å². The van der Waals surface area contributed by atoms with E-state index >= 15 is 0 Å². The fourth-order valence-corrected chi connectivity index (χ4v) is 5.70. The highest BCUT2D eigenvalue weighted by Gasteiger charge is 2.21. The Morgan fingerprint density at radius 2 is 2.00 bits per heavy atom. The summed E-state index contributed by atoms with van der Waals surface area (Å²) in [5.74, 6) is -0.458. The summed E-state index contributed by atoms with van der Waals surface area (Å²) >= 11 is 0. The molecular formula is C33H36FN9O. The number of aromatic nitrogens is 5. The van der Waals surface area contributed by atoms with Crippen molar-refractivity contribution in [2.24, 2.45) is 0 Å². The monoisotopic (exact) mass is 593 g/mol. The highest BCUT2D eigenvalue weighted by atomic mass is 19.1. The van der Waals surface area contributed by atoms with Crippen molar-refractivity contribution in [3.8, 4) is 11.3 Å². The molecule has 1 atom stereocenters. The van der Waals surface area contributed by atoms with E-state index in [1.807, 2.05) is 36.5 Å². The molecule has 1 fully saturated rings. The molecule has 4 heterocycles. The molecule has 10 nitrogen and oxygen atoms in total. The Morgan fingerprint density at radius 3 is 2.80 bits per heavy atom. The van der Waals surface area contributed by atoms with Crippen molar-refractivity contribution < 1.29 is 9.18 Å². The quantitative estimate of drug-likeness (QED) is 0.178. The van der Waals surface area contributed by atoms with E-state index in [4.69, 9.17) is 15.0 Å². The Balaban J connectivity index is 1.31. The summed E-state index contributed by atoms with van der Waals surface area (Å²) in [6.45, 7) is 9.85. The number of nitrogens with one attached hydrogen (secondary N) is 3.